The number of rotatable bonds is 7. The molecule has 1 heteroatoms. The molecule has 0 heterocycles. The number of hydrogen-bond acceptors (Lipinski definition) is 1. The Balaban J connectivity index is 1.79. The van der Waals surface area contributed by atoms with Crippen molar-refractivity contribution >= 4 is 22.6 Å². The van der Waals surface area contributed by atoms with Crippen LogP contribution in [0.15, 0.2) is 48.5 Å². The van der Waals surface area contributed by atoms with Crippen molar-refractivity contribution in [2.75, 3.05) is 0 Å². The molecule has 104 valence electrons. The minimum atomic E-state index is 0.303. The minimum absolute atomic E-state index is 0.303. The number of unbranched alkanes of at least 4 members (excludes halogenated alkanes) is 3. The summed E-state index contributed by atoms with van der Waals surface area (Å²) < 4.78 is 0. The largest absolute Gasteiger partial charge is 0.300 e. The Kier molecular flexibility index (Phi) is 5.55. The number of carbonyl (C=O) groups excluding carboxylic acids is 1. The molecular formula is C19H22O. The van der Waals surface area contributed by atoms with Crippen LogP contribution in [0.2, 0.25) is 0 Å². The van der Waals surface area contributed by atoms with Crippen LogP contribution in [0.3, 0.4) is 0 Å². The first-order chi connectivity index (χ1) is 9.75. The highest BCUT2D eigenvalue weighted by atomic mass is 16.1. The van der Waals surface area contributed by atoms with Crippen LogP contribution in [-0.2, 0) is 4.79 Å². The van der Waals surface area contributed by atoms with Crippen LogP contribution in [0, 0.1) is 0 Å². The quantitative estimate of drug-likeness (QED) is 0.614. The third-order valence-corrected chi connectivity index (χ3v) is 3.48. The fraction of sp³-hybridized carbons (Fsp3) is 0.316. The summed E-state index contributed by atoms with van der Waals surface area (Å²) in [4.78, 5) is 10.8. The first-order valence-corrected chi connectivity index (χ1v) is 7.40. The average Bonchev–Trinajstić information content (AvgIpc) is 2.46. The first kappa shape index (κ1) is 14.5. The Morgan fingerprint density at radius 1 is 1.00 bits per heavy atom. The van der Waals surface area contributed by atoms with Gasteiger partial charge in [-0.2, -0.15) is 0 Å². The molecule has 0 aliphatic carbocycles. The van der Waals surface area contributed by atoms with Gasteiger partial charge in [0.15, 0.2) is 0 Å². The zero-order chi connectivity index (χ0) is 14.2. The molecule has 0 spiro atoms. The fourth-order valence-corrected chi connectivity index (χ4v) is 2.34. The maximum absolute atomic E-state index is 10.8. The lowest BCUT2D eigenvalue weighted by molar-refractivity contribution is -0.117. The molecule has 1 nitrogen and oxygen atoms in total. The summed E-state index contributed by atoms with van der Waals surface area (Å²) in [5, 5.41) is 2.57. The minimum Gasteiger partial charge on any atom is -0.300 e. The maximum atomic E-state index is 10.8. The first-order valence-electron chi connectivity index (χ1n) is 7.40. The number of Topliss-reactive ketones (excluding diaryl/α,β-unsaturated/α-hetero) is 1. The van der Waals surface area contributed by atoms with Gasteiger partial charge in [0.1, 0.15) is 5.78 Å². The molecule has 0 aromatic heterocycles. The number of allylic oxidation sites excluding steroid dienone is 1. The summed E-state index contributed by atoms with van der Waals surface area (Å²) in [5.74, 6) is 0.303. The number of carbonyl (C=O) groups is 1. The number of fused-ring (bicyclic) bond motifs is 1. The highest BCUT2D eigenvalue weighted by Crippen LogP contribution is 2.16. The van der Waals surface area contributed by atoms with Crippen LogP contribution in [0.4, 0.5) is 0 Å². The van der Waals surface area contributed by atoms with E-state index in [9.17, 15) is 4.79 Å². The van der Waals surface area contributed by atoms with Crippen LogP contribution < -0.4 is 0 Å². The van der Waals surface area contributed by atoms with Crippen molar-refractivity contribution in [2.45, 2.75) is 39.0 Å². The maximum Gasteiger partial charge on any atom is 0.129 e. The standard InChI is InChI=1S/C19H22O/c1-16(20)9-5-3-2-4-6-10-17-13-14-18-11-7-8-12-19(18)15-17/h6-8,10-15H,2-5,9H2,1H3/b10-6+. The molecule has 0 fully saturated rings. The zero-order valence-electron chi connectivity index (χ0n) is 12.1. The van der Waals surface area contributed by atoms with E-state index >= 15 is 0 Å². The second-order valence-corrected chi connectivity index (χ2v) is 5.31. The monoisotopic (exact) mass is 266 g/mol. The third kappa shape index (κ3) is 4.65. The van der Waals surface area contributed by atoms with E-state index in [1.165, 1.54) is 16.3 Å². The van der Waals surface area contributed by atoms with Crippen LogP contribution in [0.5, 0.6) is 0 Å². The van der Waals surface area contributed by atoms with Crippen molar-refractivity contribution in [3.8, 4) is 0 Å². The predicted octanol–water partition coefficient (Wildman–Crippen LogP) is 5.39. The van der Waals surface area contributed by atoms with Gasteiger partial charge in [0.05, 0.1) is 0 Å². The van der Waals surface area contributed by atoms with Crippen molar-refractivity contribution in [2.24, 2.45) is 0 Å². The molecular weight excluding hydrogens is 244 g/mol. The number of benzene rings is 2. The average molecular weight is 266 g/mol. The van der Waals surface area contributed by atoms with E-state index in [1.807, 2.05) is 0 Å². The summed E-state index contributed by atoms with van der Waals surface area (Å²) in [7, 11) is 0. The molecule has 0 atom stereocenters. The van der Waals surface area contributed by atoms with Crippen molar-refractivity contribution in [3.05, 3.63) is 54.1 Å². The van der Waals surface area contributed by atoms with Gasteiger partial charge in [0, 0.05) is 6.42 Å². The molecule has 20 heavy (non-hydrogen) atoms. The highest BCUT2D eigenvalue weighted by Gasteiger charge is 1.94. The van der Waals surface area contributed by atoms with Crippen LogP contribution in [0.25, 0.3) is 16.8 Å². The molecule has 0 aliphatic rings. The number of hydrogen-bond donors (Lipinski definition) is 0. The van der Waals surface area contributed by atoms with Gasteiger partial charge in [-0.15, -0.1) is 0 Å². The van der Waals surface area contributed by atoms with Crippen molar-refractivity contribution < 1.29 is 4.79 Å². The van der Waals surface area contributed by atoms with Crippen molar-refractivity contribution in [1.29, 1.82) is 0 Å². The smallest absolute Gasteiger partial charge is 0.129 e. The van der Waals surface area contributed by atoms with Gasteiger partial charge in [-0.25, -0.2) is 0 Å². The van der Waals surface area contributed by atoms with Crippen molar-refractivity contribution in [3.63, 3.8) is 0 Å². The number of ketones is 1. The summed E-state index contributed by atoms with van der Waals surface area (Å²) >= 11 is 0. The van der Waals surface area contributed by atoms with E-state index < -0.39 is 0 Å². The Bertz CT molecular complexity index is 595. The van der Waals surface area contributed by atoms with Crippen LogP contribution in [0.1, 0.15) is 44.6 Å². The van der Waals surface area contributed by atoms with Gasteiger partial charge in [0.25, 0.3) is 0 Å². The lowest BCUT2D eigenvalue weighted by atomic mass is 10.1. The lowest BCUT2D eigenvalue weighted by Gasteiger charge is -1.99. The van der Waals surface area contributed by atoms with E-state index in [0.29, 0.717) is 5.78 Å². The molecule has 2 aromatic carbocycles. The second-order valence-electron chi connectivity index (χ2n) is 5.31. The molecule has 2 aromatic rings. The highest BCUT2D eigenvalue weighted by molar-refractivity contribution is 5.84. The fourth-order valence-electron chi connectivity index (χ4n) is 2.34. The van der Waals surface area contributed by atoms with Crippen LogP contribution >= 0.6 is 0 Å². The third-order valence-electron chi connectivity index (χ3n) is 3.48. The van der Waals surface area contributed by atoms with Gasteiger partial charge < -0.3 is 4.79 Å². The van der Waals surface area contributed by atoms with Gasteiger partial charge in [-0.05, 0) is 48.6 Å². The topological polar surface area (TPSA) is 17.1 Å². The SMILES string of the molecule is CC(=O)CCCCC/C=C/c1ccc2ccccc2c1. The molecule has 0 saturated carbocycles. The van der Waals surface area contributed by atoms with E-state index in [-0.39, 0.29) is 0 Å². The van der Waals surface area contributed by atoms with E-state index in [2.05, 4.69) is 54.6 Å². The van der Waals surface area contributed by atoms with Gasteiger partial charge in [-0.1, -0.05) is 55.0 Å². The van der Waals surface area contributed by atoms with Gasteiger partial charge in [0.2, 0.25) is 0 Å². The molecule has 0 saturated heterocycles. The zero-order valence-corrected chi connectivity index (χ0v) is 12.1. The molecule has 0 radical (unpaired) electrons. The van der Waals surface area contributed by atoms with E-state index in [0.717, 1.165) is 32.1 Å². The Morgan fingerprint density at radius 2 is 1.80 bits per heavy atom. The van der Waals surface area contributed by atoms with Gasteiger partial charge in [-0.3, -0.25) is 0 Å². The normalized spacial score (nSPS) is 11.2. The van der Waals surface area contributed by atoms with E-state index in [4.69, 9.17) is 0 Å². The molecule has 0 N–H and O–H groups in total. The van der Waals surface area contributed by atoms with Gasteiger partial charge >= 0.3 is 0 Å². The Hall–Kier alpha value is -1.89. The van der Waals surface area contributed by atoms with Crippen molar-refractivity contribution in [1.82, 2.24) is 0 Å². The Morgan fingerprint density at radius 3 is 2.60 bits per heavy atom. The molecule has 0 amide bonds. The molecule has 2 rings (SSSR count). The van der Waals surface area contributed by atoms with Crippen LogP contribution in [-0.4, -0.2) is 5.78 Å². The molecule has 0 aliphatic heterocycles. The molecule has 0 unspecified atom stereocenters. The second kappa shape index (κ2) is 7.64. The summed E-state index contributed by atoms with van der Waals surface area (Å²) in [6.07, 6.45) is 9.58. The summed E-state index contributed by atoms with van der Waals surface area (Å²) in [6, 6.07) is 15.0. The Labute approximate surface area is 121 Å². The van der Waals surface area contributed by atoms with E-state index in [1.54, 1.807) is 6.92 Å². The molecule has 0 bridgehead atoms. The summed E-state index contributed by atoms with van der Waals surface area (Å²) in [5.41, 5.74) is 1.26. The summed E-state index contributed by atoms with van der Waals surface area (Å²) in [6.45, 7) is 1.67. The lowest BCUT2D eigenvalue weighted by Crippen LogP contribution is -1.88. The predicted molar refractivity (Wildman–Crippen MR) is 86.7 cm³/mol.